The fourth-order valence-corrected chi connectivity index (χ4v) is 2.49. The van der Waals surface area contributed by atoms with E-state index in [4.69, 9.17) is 17.3 Å². The van der Waals surface area contributed by atoms with Gasteiger partial charge in [0.05, 0.1) is 5.71 Å². The van der Waals surface area contributed by atoms with Crippen molar-refractivity contribution in [3.05, 3.63) is 34.2 Å². The molecule has 0 atom stereocenters. The molecule has 0 unspecified atom stereocenters. The van der Waals surface area contributed by atoms with Crippen molar-refractivity contribution < 1.29 is 9.90 Å². The van der Waals surface area contributed by atoms with Crippen molar-refractivity contribution in [3.63, 3.8) is 0 Å². The van der Waals surface area contributed by atoms with Gasteiger partial charge in [-0.2, -0.15) is 5.10 Å². The number of nitrogens with two attached hydrogens (primary N) is 1. The number of aromatic nitrogens is 1. The van der Waals surface area contributed by atoms with Gasteiger partial charge in [0.15, 0.2) is 0 Å². The van der Waals surface area contributed by atoms with E-state index in [1.807, 2.05) is 0 Å². The van der Waals surface area contributed by atoms with Gasteiger partial charge >= 0.3 is 6.03 Å². The number of nitrogens with zero attached hydrogens (tertiary/aromatic N) is 2. The highest BCUT2D eigenvalue weighted by Crippen LogP contribution is 2.32. The maximum absolute atomic E-state index is 10.6. The second kappa shape index (κ2) is 5.89. The molecule has 0 bridgehead atoms. The maximum atomic E-state index is 10.6. The number of hydrogen-bond acceptors (Lipinski definition) is 5. The molecule has 1 aromatic heterocycles. The Bertz CT molecular complexity index is 667. The van der Waals surface area contributed by atoms with E-state index in [0.717, 1.165) is 5.56 Å². The van der Waals surface area contributed by atoms with Crippen LogP contribution in [0.2, 0.25) is 5.02 Å². The molecule has 0 saturated heterocycles. The molecule has 8 heteroatoms. The first-order valence-electron chi connectivity index (χ1n) is 5.53. The zero-order valence-electron chi connectivity index (χ0n) is 10.4. The van der Waals surface area contributed by atoms with Gasteiger partial charge in [-0.05, 0) is 19.1 Å². The van der Waals surface area contributed by atoms with Gasteiger partial charge in [-0.3, -0.25) is 0 Å². The van der Waals surface area contributed by atoms with Gasteiger partial charge in [-0.15, -0.1) is 11.3 Å². The number of nitrogens with one attached hydrogen (secondary N) is 1. The Labute approximate surface area is 123 Å². The molecule has 1 heterocycles. The van der Waals surface area contributed by atoms with E-state index < -0.39 is 6.03 Å². The third-order valence-electron chi connectivity index (χ3n) is 2.36. The third kappa shape index (κ3) is 3.25. The number of hydrazone groups is 1. The number of urea groups is 1. The Balaban J connectivity index is 2.32. The molecule has 2 amide bonds. The number of benzene rings is 1. The van der Waals surface area contributed by atoms with Gasteiger partial charge in [0, 0.05) is 10.6 Å². The number of carbonyl (C=O) groups is 1. The average molecular weight is 311 g/mol. The lowest BCUT2D eigenvalue weighted by molar-refractivity contribution is 0.249. The molecule has 4 N–H and O–H groups in total. The second-order valence-corrected chi connectivity index (χ2v) is 5.29. The lowest BCUT2D eigenvalue weighted by Gasteiger charge is -1.97. The van der Waals surface area contributed by atoms with Crippen molar-refractivity contribution >= 4 is 34.7 Å². The molecular weight excluding hydrogens is 300 g/mol. The highest BCUT2D eigenvalue weighted by atomic mass is 35.5. The monoisotopic (exact) mass is 310 g/mol. The molecule has 0 aliphatic rings. The average Bonchev–Trinajstić information content (AvgIpc) is 2.79. The van der Waals surface area contributed by atoms with Crippen molar-refractivity contribution in [1.82, 2.24) is 10.4 Å². The minimum atomic E-state index is -0.772. The van der Waals surface area contributed by atoms with Crippen molar-refractivity contribution in [3.8, 4) is 16.5 Å². The molecule has 0 radical (unpaired) electrons. The van der Waals surface area contributed by atoms with Crippen LogP contribution in [-0.4, -0.2) is 21.8 Å². The van der Waals surface area contributed by atoms with E-state index in [0.29, 0.717) is 20.6 Å². The highest BCUT2D eigenvalue weighted by molar-refractivity contribution is 7.17. The first-order valence-corrected chi connectivity index (χ1v) is 6.72. The molecular formula is C12H11ClN4O2S. The van der Waals surface area contributed by atoms with E-state index in [9.17, 15) is 9.90 Å². The molecule has 0 saturated carbocycles. The minimum Gasteiger partial charge on any atom is -0.492 e. The summed E-state index contributed by atoms with van der Waals surface area (Å²) in [6, 6.07) is 6.32. The van der Waals surface area contributed by atoms with E-state index >= 15 is 0 Å². The lowest BCUT2D eigenvalue weighted by atomic mass is 10.2. The summed E-state index contributed by atoms with van der Waals surface area (Å²) in [4.78, 5) is 15.1. The van der Waals surface area contributed by atoms with E-state index in [1.165, 1.54) is 11.3 Å². The molecule has 0 fully saturated rings. The number of aromatic hydroxyl groups is 1. The van der Waals surface area contributed by atoms with Crippen molar-refractivity contribution in [2.45, 2.75) is 6.92 Å². The van der Waals surface area contributed by atoms with Crippen LogP contribution in [0.25, 0.3) is 10.6 Å². The summed E-state index contributed by atoms with van der Waals surface area (Å²) in [7, 11) is 0. The first-order chi connectivity index (χ1) is 9.47. The summed E-state index contributed by atoms with van der Waals surface area (Å²) in [5.74, 6) is -0.146. The Kier molecular flexibility index (Phi) is 4.21. The van der Waals surface area contributed by atoms with Crippen LogP contribution < -0.4 is 11.2 Å². The fourth-order valence-electron chi connectivity index (χ4n) is 1.45. The largest absolute Gasteiger partial charge is 0.492 e. The SMILES string of the molecule is C/C(=N\NC(N)=O)c1sc(-c2ccc(Cl)cc2)nc1O. The van der Waals surface area contributed by atoms with Crippen molar-refractivity contribution in [1.29, 1.82) is 0 Å². The number of carbonyl (C=O) groups excluding carboxylic acids is 1. The summed E-state index contributed by atoms with van der Waals surface area (Å²) < 4.78 is 0. The standard InChI is InChI=1S/C12H11ClN4O2S/c1-6(16-17-12(14)19)9-10(18)15-11(20-9)7-2-4-8(13)5-3-7/h2-5,18H,1H3,(H3,14,17,19)/b16-6+. The van der Waals surface area contributed by atoms with Crippen LogP contribution in [0.5, 0.6) is 5.88 Å². The molecule has 0 spiro atoms. The molecule has 0 aliphatic heterocycles. The number of hydrogen-bond donors (Lipinski definition) is 3. The topological polar surface area (TPSA) is 101 Å². The van der Waals surface area contributed by atoms with Crippen LogP contribution in [0.15, 0.2) is 29.4 Å². The minimum absolute atomic E-state index is 0.146. The van der Waals surface area contributed by atoms with Crippen LogP contribution in [0.1, 0.15) is 11.8 Å². The third-order valence-corrected chi connectivity index (χ3v) is 3.82. The quantitative estimate of drug-likeness (QED) is 0.600. The molecule has 2 rings (SSSR count). The van der Waals surface area contributed by atoms with E-state index in [2.05, 4.69) is 15.5 Å². The second-order valence-electron chi connectivity index (χ2n) is 3.85. The molecule has 6 nitrogen and oxygen atoms in total. The number of primary amides is 1. The Morgan fingerprint density at radius 3 is 2.70 bits per heavy atom. The predicted octanol–water partition coefficient (Wildman–Crippen LogP) is 2.56. The first kappa shape index (κ1) is 14.3. The normalized spacial score (nSPS) is 11.4. The molecule has 104 valence electrons. The molecule has 20 heavy (non-hydrogen) atoms. The maximum Gasteiger partial charge on any atom is 0.332 e. The van der Waals surface area contributed by atoms with Crippen molar-refractivity contribution in [2.24, 2.45) is 10.8 Å². The van der Waals surface area contributed by atoms with Gasteiger partial charge in [0.25, 0.3) is 0 Å². The Morgan fingerprint density at radius 2 is 2.10 bits per heavy atom. The van der Waals surface area contributed by atoms with Gasteiger partial charge in [0.1, 0.15) is 9.88 Å². The Hall–Kier alpha value is -2.12. The fraction of sp³-hybridized carbons (Fsp3) is 0.0833. The lowest BCUT2D eigenvalue weighted by Crippen LogP contribution is -2.25. The van der Waals surface area contributed by atoms with Gasteiger partial charge < -0.3 is 10.8 Å². The molecule has 0 aliphatic carbocycles. The van der Waals surface area contributed by atoms with Crippen molar-refractivity contribution in [2.75, 3.05) is 0 Å². The number of rotatable bonds is 3. The highest BCUT2D eigenvalue weighted by Gasteiger charge is 2.14. The number of thiazole rings is 1. The van der Waals surface area contributed by atoms with Gasteiger partial charge in [-0.1, -0.05) is 23.7 Å². The predicted molar refractivity (Wildman–Crippen MR) is 79.2 cm³/mol. The van der Waals surface area contributed by atoms with Crippen LogP contribution in [0, 0.1) is 0 Å². The zero-order chi connectivity index (χ0) is 14.7. The smallest absolute Gasteiger partial charge is 0.332 e. The van der Waals surface area contributed by atoms with Crippen LogP contribution >= 0.6 is 22.9 Å². The van der Waals surface area contributed by atoms with E-state index in [1.54, 1.807) is 31.2 Å². The van der Waals surface area contributed by atoms with Gasteiger partial charge in [0.2, 0.25) is 5.88 Å². The van der Waals surface area contributed by atoms with Gasteiger partial charge in [-0.25, -0.2) is 15.2 Å². The van der Waals surface area contributed by atoms with Crippen LogP contribution in [0.3, 0.4) is 0 Å². The zero-order valence-corrected chi connectivity index (χ0v) is 12.0. The molecule has 2 aromatic rings. The van der Waals surface area contributed by atoms with Crippen LogP contribution in [-0.2, 0) is 0 Å². The Morgan fingerprint density at radius 1 is 1.45 bits per heavy atom. The summed E-state index contributed by atoms with van der Waals surface area (Å²) in [5.41, 5.74) is 8.27. The summed E-state index contributed by atoms with van der Waals surface area (Å²) >= 11 is 7.07. The van der Waals surface area contributed by atoms with E-state index in [-0.39, 0.29) is 5.88 Å². The summed E-state index contributed by atoms with van der Waals surface area (Å²) in [5, 5.41) is 14.8. The summed E-state index contributed by atoms with van der Waals surface area (Å²) in [6.07, 6.45) is 0. The summed E-state index contributed by atoms with van der Waals surface area (Å²) in [6.45, 7) is 1.63. The number of amides is 2. The molecule has 1 aromatic carbocycles. The number of halogens is 1. The van der Waals surface area contributed by atoms with Crippen LogP contribution in [0.4, 0.5) is 4.79 Å².